The molecule has 6 heteroatoms. The van der Waals surface area contributed by atoms with Crippen molar-refractivity contribution in [3.05, 3.63) is 12.7 Å². The average Bonchev–Trinajstić information content (AvgIpc) is 3.09. The minimum Gasteiger partial charge on any atom is -0.377 e. The molecule has 0 saturated carbocycles. The van der Waals surface area contributed by atoms with E-state index in [-0.39, 0.29) is 12.0 Å². The van der Waals surface area contributed by atoms with E-state index < -0.39 is 0 Å². The summed E-state index contributed by atoms with van der Waals surface area (Å²) in [7, 11) is 0. The lowest BCUT2D eigenvalue weighted by Crippen LogP contribution is -2.47. The monoisotopic (exact) mass is 292 g/mol. The van der Waals surface area contributed by atoms with Crippen LogP contribution in [-0.2, 0) is 9.53 Å². The van der Waals surface area contributed by atoms with Gasteiger partial charge in [-0.1, -0.05) is 6.92 Å². The quantitative estimate of drug-likeness (QED) is 0.850. The fourth-order valence-corrected chi connectivity index (χ4v) is 3.52. The molecule has 2 saturated heterocycles. The molecule has 0 spiro atoms. The number of piperidine rings is 1. The van der Waals surface area contributed by atoms with Crippen LogP contribution >= 0.6 is 0 Å². The van der Waals surface area contributed by atoms with E-state index in [4.69, 9.17) is 4.74 Å². The van der Waals surface area contributed by atoms with Crippen molar-refractivity contribution < 1.29 is 9.53 Å². The van der Waals surface area contributed by atoms with Crippen LogP contribution in [0.25, 0.3) is 0 Å². The van der Waals surface area contributed by atoms with Crippen LogP contribution in [0.4, 0.5) is 0 Å². The molecule has 1 amide bonds. The van der Waals surface area contributed by atoms with E-state index in [1.54, 1.807) is 12.7 Å². The minimum absolute atomic E-state index is 0.0617. The van der Waals surface area contributed by atoms with Gasteiger partial charge in [-0.3, -0.25) is 4.79 Å². The summed E-state index contributed by atoms with van der Waals surface area (Å²) in [5.41, 5.74) is 0. The molecule has 21 heavy (non-hydrogen) atoms. The molecule has 3 rings (SSSR count). The first-order valence-corrected chi connectivity index (χ1v) is 8.04. The summed E-state index contributed by atoms with van der Waals surface area (Å²) in [4.78, 5) is 18.8. The topological polar surface area (TPSA) is 60.2 Å². The van der Waals surface area contributed by atoms with Crippen LogP contribution in [0.2, 0.25) is 0 Å². The lowest BCUT2D eigenvalue weighted by molar-refractivity contribution is -0.146. The van der Waals surface area contributed by atoms with Crippen LogP contribution in [-0.4, -0.2) is 51.4 Å². The normalized spacial score (nSPS) is 27.8. The number of carbonyl (C=O) groups is 1. The summed E-state index contributed by atoms with van der Waals surface area (Å²) in [6.07, 6.45) is 8.26. The molecular weight excluding hydrogens is 268 g/mol. The van der Waals surface area contributed by atoms with Gasteiger partial charge in [-0.2, -0.15) is 5.10 Å². The molecule has 0 aromatic carbocycles. The number of carbonyl (C=O) groups excluding carboxylic acids is 1. The van der Waals surface area contributed by atoms with Crippen LogP contribution in [0.5, 0.6) is 0 Å². The molecule has 1 aromatic heterocycles. The maximum atomic E-state index is 12.7. The van der Waals surface area contributed by atoms with Crippen LogP contribution in [0.3, 0.4) is 0 Å². The number of hydrogen-bond donors (Lipinski definition) is 0. The highest BCUT2D eigenvalue weighted by Gasteiger charge is 2.35. The molecule has 3 heterocycles. The summed E-state index contributed by atoms with van der Waals surface area (Å²) in [6.45, 7) is 4.54. The Kier molecular flexibility index (Phi) is 4.53. The van der Waals surface area contributed by atoms with E-state index >= 15 is 0 Å². The predicted octanol–water partition coefficient (Wildman–Crippen LogP) is 1.65. The van der Waals surface area contributed by atoms with Gasteiger partial charge in [-0.15, -0.1) is 0 Å². The largest absolute Gasteiger partial charge is 0.377 e. The maximum Gasteiger partial charge on any atom is 0.228 e. The number of hydrogen-bond acceptors (Lipinski definition) is 4. The highest BCUT2D eigenvalue weighted by molar-refractivity contribution is 5.79. The smallest absolute Gasteiger partial charge is 0.228 e. The molecule has 6 nitrogen and oxygen atoms in total. The van der Waals surface area contributed by atoms with Crippen LogP contribution in [0.15, 0.2) is 12.7 Å². The Morgan fingerprint density at radius 2 is 2.14 bits per heavy atom. The number of aromatic nitrogens is 3. The summed E-state index contributed by atoms with van der Waals surface area (Å²) in [6, 6.07) is 0.376. The van der Waals surface area contributed by atoms with E-state index in [0.29, 0.717) is 11.9 Å². The molecule has 0 bridgehead atoms. The zero-order valence-corrected chi connectivity index (χ0v) is 12.6. The average molecular weight is 292 g/mol. The second kappa shape index (κ2) is 6.56. The molecule has 116 valence electrons. The van der Waals surface area contributed by atoms with Gasteiger partial charge >= 0.3 is 0 Å². The van der Waals surface area contributed by atoms with Gasteiger partial charge in [0.15, 0.2) is 0 Å². The van der Waals surface area contributed by atoms with Crippen molar-refractivity contribution >= 4 is 5.91 Å². The molecule has 1 aromatic rings. The Morgan fingerprint density at radius 1 is 1.33 bits per heavy atom. The predicted molar refractivity (Wildman–Crippen MR) is 77.6 cm³/mol. The molecule has 0 aliphatic carbocycles. The van der Waals surface area contributed by atoms with Gasteiger partial charge in [0.05, 0.1) is 18.1 Å². The van der Waals surface area contributed by atoms with E-state index in [1.165, 1.54) is 0 Å². The van der Waals surface area contributed by atoms with Gasteiger partial charge in [0.2, 0.25) is 5.91 Å². The summed E-state index contributed by atoms with van der Waals surface area (Å²) >= 11 is 0. The number of ether oxygens (including phenoxy) is 1. The molecule has 2 aliphatic heterocycles. The van der Waals surface area contributed by atoms with Gasteiger partial charge < -0.3 is 9.64 Å². The van der Waals surface area contributed by atoms with Crippen molar-refractivity contribution in [3.8, 4) is 0 Å². The first-order chi connectivity index (χ1) is 10.3. The van der Waals surface area contributed by atoms with Crippen molar-refractivity contribution in [2.45, 2.75) is 51.2 Å². The third-order valence-corrected chi connectivity index (χ3v) is 4.75. The lowest BCUT2D eigenvalue weighted by atomic mass is 9.90. The molecule has 0 N–H and O–H groups in total. The zero-order valence-electron chi connectivity index (χ0n) is 12.6. The third-order valence-electron chi connectivity index (χ3n) is 4.75. The number of likely N-dealkylation sites (tertiary alicyclic amines) is 1. The lowest BCUT2D eigenvalue weighted by Gasteiger charge is -2.37. The molecule has 2 fully saturated rings. The molecular formula is C15H24N4O2. The highest BCUT2D eigenvalue weighted by Crippen LogP contribution is 2.28. The van der Waals surface area contributed by atoms with Gasteiger partial charge in [-0.25, -0.2) is 9.67 Å². The van der Waals surface area contributed by atoms with E-state index in [1.807, 2.05) is 9.58 Å². The van der Waals surface area contributed by atoms with Gasteiger partial charge in [0.25, 0.3) is 0 Å². The number of nitrogens with zero attached hydrogens (tertiary/aromatic N) is 4. The van der Waals surface area contributed by atoms with Gasteiger partial charge in [0, 0.05) is 19.7 Å². The summed E-state index contributed by atoms with van der Waals surface area (Å²) in [5, 5.41) is 4.21. The minimum atomic E-state index is 0.0617. The van der Waals surface area contributed by atoms with Crippen LogP contribution < -0.4 is 0 Å². The Bertz CT molecular complexity index is 454. The Hall–Kier alpha value is -1.43. The SMILES string of the molecule is CC[C@@H]1OCCC[C@H]1C(=O)N1CCC(n2cncn2)CC1. The zero-order chi connectivity index (χ0) is 14.7. The number of amides is 1. The fraction of sp³-hybridized carbons (Fsp3) is 0.800. The van der Waals surface area contributed by atoms with Crippen molar-refractivity contribution in [1.82, 2.24) is 19.7 Å². The Balaban J connectivity index is 1.57. The molecule has 0 radical (unpaired) electrons. The number of rotatable bonds is 3. The Labute approximate surface area is 125 Å². The molecule has 2 atom stereocenters. The second-order valence-electron chi connectivity index (χ2n) is 6.00. The van der Waals surface area contributed by atoms with Crippen molar-refractivity contribution in [2.75, 3.05) is 19.7 Å². The second-order valence-corrected chi connectivity index (χ2v) is 6.00. The Morgan fingerprint density at radius 3 is 2.81 bits per heavy atom. The van der Waals surface area contributed by atoms with Crippen molar-refractivity contribution in [1.29, 1.82) is 0 Å². The highest BCUT2D eigenvalue weighted by atomic mass is 16.5. The molecule has 0 unspecified atom stereocenters. The fourth-order valence-electron chi connectivity index (χ4n) is 3.52. The van der Waals surface area contributed by atoms with Gasteiger partial charge in [-0.05, 0) is 32.1 Å². The summed E-state index contributed by atoms with van der Waals surface area (Å²) < 4.78 is 7.68. The first kappa shape index (κ1) is 14.5. The van der Waals surface area contributed by atoms with E-state index in [0.717, 1.165) is 51.8 Å². The van der Waals surface area contributed by atoms with Crippen molar-refractivity contribution in [3.63, 3.8) is 0 Å². The molecule has 2 aliphatic rings. The van der Waals surface area contributed by atoms with Crippen LogP contribution in [0.1, 0.15) is 45.1 Å². The van der Waals surface area contributed by atoms with Crippen LogP contribution in [0, 0.1) is 5.92 Å². The first-order valence-electron chi connectivity index (χ1n) is 8.04. The summed E-state index contributed by atoms with van der Waals surface area (Å²) in [5.74, 6) is 0.352. The van der Waals surface area contributed by atoms with E-state index in [2.05, 4.69) is 17.0 Å². The van der Waals surface area contributed by atoms with Crippen molar-refractivity contribution in [2.24, 2.45) is 5.92 Å². The third kappa shape index (κ3) is 3.10. The van der Waals surface area contributed by atoms with E-state index in [9.17, 15) is 4.79 Å². The maximum absolute atomic E-state index is 12.7. The van der Waals surface area contributed by atoms with Gasteiger partial charge in [0.1, 0.15) is 12.7 Å². The standard InChI is InChI=1S/C15H24N4O2/c1-2-14-13(4-3-9-21-14)15(20)18-7-5-12(6-8-18)19-11-16-10-17-19/h10-14H,2-9H2,1H3/t13-,14+/m1/s1.